The number of hydrogen-bond donors (Lipinski definition) is 0. The van der Waals surface area contributed by atoms with E-state index in [9.17, 15) is 13.2 Å². The summed E-state index contributed by atoms with van der Waals surface area (Å²) in [5, 5.41) is 1.96. The van der Waals surface area contributed by atoms with E-state index in [0.29, 0.717) is 18.6 Å². The van der Waals surface area contributed by atoms with Gasteiger partial charge in [0.15, 0.2) is 0 Å². The number of thiophene rings is 1. The molecule has 1 atom stereocenters. The Bertz CT molecular complexity index is 857. The summed E-state index contributed by atoms with van der Waals surface area (Å²) in [5.41, 5.74) is 1.09. The lowest BCUT2D eigenvalue weighted by Crippen LogP contribution is -2.46. The Morgan fingerprint density at radius 2 is 1.92 bits per heavy atom. The van der Waals surface area contributed by atoms with Gasteiger partial charge in [-0.25, -0.2) is 8.42 Å². The molecule has 0 amide bonds. The van der Waals surface area contributed by atoms with Crippen LogP contribution in [0.25, 0.3) is 0 Å². The molecule has 2 aromatic rings. The van der Waals surface area contributed by atoms with Crippen LogP contribution < -0.4 is 4.74 Å². The summed E-state index contributed by atoms with van der Waals surface area (Å²) in [4.78, 5) is 13.5. The summed E-state index contributed by atoms with van der Waals surface area (Å²) in [6, 6.07) is 7.28. The van der Waals surface area contributed by atoms with E-state index in [1.165, 1.54) is 42.0 Å². The summed E-state index contributed by atoms with van der Waals surface area (Å²) in [7, 11) is -1.03. The molecule has 3 rings (SSSR count). The highest BCUT2D eigenvalue weighted by atomic mass is 32.2. The first-order chi connectivity index (χ1) is 12.0. The zero-order valence-corrected chi connectivity index (χ0v) is 15.6. The third-order valence-electron chi connectivity index (χ3n) is 4.30. The van der Waals surface area contributed by atoms with Crippen molar-refractivity contribution in [2.24, 2.45) is 0 Å². The van der Waals surface area contributed by atoms with E-state index in [2.05, 4.69) is 0 Å². The smallest absolute Gasteiger partial charge is 0.324 e. The molecule has 1 aromatic heterocycles. The van der Waals surface area contributed by atoms with Gasteiger partial charge in [0.2, 0.25) is 10.0 Å². The average Bonchev–Trinajstić information content (AvgIpc) is 2.99. The molecule has 0 aliphatic carbocycles. The van der Waals surface area contributed by atoms with Crippen LogP contribution in [0.2, 0.25) is 0 Å². The molecular weight excluding hydrogens is 362 g/mol. The number of rotatable bonds is 4. The van der Waals surface area contributed by atoms with Crippen molar-refractivity contribution in [2.45, 2.75) is 23.8 Å². The van der Waals surface area contributed by atoms with E-state index in [1.807, 2.05) is 11.4 Å². The zero-order valence-electron chi connectivity index (χ0n) is 14.0. The fourth-order valence-corrected chi connectivity index (χ4v) is 5.49. The van der Waals surface area contributed by atoms with Crippen LogP contribution in [-0.2, 0) is 32.4 Å². The van der Waals surface area contributed by atoms with Crippen molar-refractivity contribution < 1.29 is 22.7 Å². The molecule has 8 heteroatoms. The Morgan fingerprint density at radius 3 is 2.56 bits per heavy atom. The van der Waals surface area contributed by atoms with Gasteiger partial charge in [0.05, 0.1) is 19.1 Å². The van der Waals surface area contributed by atoms with Gasteiger partial charge in [-0.1, -0.05) is 0 Å². The largest absolute Gasteiger partial charge is 0.497 e. The first kappa shape index (κ1) is 17.9. The summed E-state index contributed by atoms with van der Waals surface area (Å²) in [6.07, 6.45) is 0.900. The van der Waals surface area contributed by atoms with Gasteiger partial charge in [0.25, 0.3) is 0 Å². The van der Waals surface area contributed by atoms with Gasteiger partial charge in [-0.15, -0.1) is 11.3 Å². The van der Waals surface area contributed by atoms with Crippen LogP contribution in [0.1, 0.15) is 10.4 Å². The van der Waals surface area contributed by atoms with Crippen molar-refractivity contribution in [3.05, 3.63) is 46.2 Å². The number of sulfonamides is 1. The molecule has 25 heavy (non-hydrogen) atoms. The number of methoxy groups -OCH3 is 2. The number of hydrogen-bond acceptors (Lipinski definition) is 6. The highest BCUT2D eigenvalue weighted by Crippen LogP contribution is 2.29. The predicted molar refractivity (Wildman–Crippen MR) is 94.4 cm³/mol. The van der Waals surface area contributed by atoms with Crippen molar-refractivity contribution in [3.63, 3.8) is 0 Å². The molecule has 6 nitrogen and oxygen atoms in total. The van der Waals surface area contributed by atoms with Crippen LogP contribution in [0, 0.1) is 0 Å². The van der Waals surface area contributed by atoms with Crippen molar-refractivity contribution in [2.75, 3.05) is 20.8 Å². The topological polar surface area (TPSA) is 72.9 Å². The number of ether oxygens (including phenoxy) is 2. The molecule has 0 saturated heterocycles. The highest BCUT2D eigenvalue weighted by Gasteiger charge is 2.39. The molecule has 1 unspecified atom stereocenters. The first-order valence-corrected chi connectivity index (χ1v) is 10.1. The maximum absolute atomic E-state index is 13.1. The SMILES string of the molecule is COC(=O)C1Cc2sccc2CCN1S(=O)(=O)c1ccc(OC)cc1. The summed E-state index contributed by atoms with van der Waals surface area (Å²) in [6.45, 7) is 0.234. The van der Waals surface area contributed by atoms with Gasteiger partial charge >= 0.3 is 5.97 Å². The standard InChI is InChI=1S/C17H19NO5S2/c1-22-13-3-5-14(6-4-13)25(20,21)18-9-7-12-8-10-24-16(12)11-15(18)17(19)23-2/h3-6,8,10,15H,7,9,11H2,1-2H3. The molecule has 0 bridgehead atoms. The summed E-state index contributed by atoms with van der Waals surface area (Å²) < 4.78 is 37.5. The molecule has 0 fully saturated rings. The molecule has 1 aliphatic rings. The minimum Gasteiger partial charge on any atom is -0.497 e. The Balaban J connectivity index is 1.99. The van der Waals surface area contributed by atoms with Crippen LogP contribution in [0.4, 0.5) is 0 Å². The van der Waals surface area contributed by atoms with Crippen molar-refractivity contribution in [3.8, 4) is 5.75 Å². The molecule has 2 heterocycles. The fraction of sp³-hybridized carbons (Fsp3) is 0.353. The Morgan fingerprint density at radius 1 is 1.20 bits per heavy atom. The molecule has 0 saturated carbocycles. The van der Waals surface area contributed by atoms with E-state index in [4.69, 9.17) is 9.47 Å². The van der Waals surface area contributed by atoms with Gasteiger partial charge in [-0.3, -0.25) is 4.79 Å². The predicted octanol–water partition coefficient (Wildman–Crippen LogP) is 2.09. The molecule has 1 aliphatic heterocycles. The van der Waals surface area contributed by atoms with Crippen LogP contribution in [0.3, 0.4) is 0 Å². The lowest BCUT2D eigenvalue weighted by atomic mass is 10.1. The molecule has 0 spiro atoms. The lowest BCUT2D eigenvalue weighted by Gasteiger charge is -2.27. The maximum atomic E-state index is 13.1. The van der Waals surface area contributed by atoms with Crippen molar-refractivity contribution in [1.29, 1.82) is 0 Å². The fourth-order valence-electron chi connectivity index (χ4n) is 2.94. The normalized spacial score (nSPS) is 18.2. The van der Waals surface area contributed by atoms with Gasteiger partial charge in [-0.2, -0.15) is 4.31 Å². The van der Waals surface area contributed by atoms with E-state index in [-0.39, 0.29) is 11.4 Å². The van der Waals surface area contributed by atoms with Gasteiger partial charge in [-0.05, 0) is 47.7 Å². The van der Waals surface area contributed by atoms with Crippen LogP contribution in [0.15, 0.2) is 40.6 Å². The van der Waals surface area contributed by atoms with Gasteiger partial charge in [0.1, 0.15) is 11.8 Å². The molecule has 134 valence electrons. The minimum absolute atomic E-state index is 0.132. The van der Waals surface area contributed by atoms with E-state index in [0.717, 1.165) is 10.4 Å². The van der Waals surface area contributed by atoms with Gasteiger partial charge in [0, 0.05) is 17.8 Å². The monoisotopic (exact) mass is 381 g/mol. The molecule has 0 radical (unpaired) electrons. The third-order valence-corrected chi connectivity index (χ3v) is 7.21. The summed E-state index contributed by atoms with van der Waals surface area (Å²) in [5.74, 6) is 0.0276. The van der Waals surface area contributed by atoms with E-state index < -0.39 is 22.0 Å². The van der Waals surface area contributed by atoms with Crippen LogP contribution >= 0.6 is 11.3 Å². The second kappa shape index (κ2) is 7.15. The van der Waals surface area contributed by atoms with E-state index in [1.54, 1.807) is 12.1 Å². The van der Waals surface area contributed by atoms with E-state index >= 15 is 0 Å². The third kappa shape index (κ3) is 3.42. The van der Waals surface area contributed by atoms with Crippen LogP contribution in [0.5, 0.6) is 5.75 Å². The van der Waals surface area contributed by atoms with Crippen LogP contribution in [-0.4, -0.2) is 45.5 Å². The Labute approximate surface area is 151 Å². The van der Waals surface area contributed by atoms with Gasteiger partial charge < -0.3 is 9.47 Å². The quantitative estimate of drug-likeness (QED) is 0.759. The Hall–Kier alpha value is -1.90. The maximum Gasteiger partial charge on any atom is 0.324 e. The number of benzene rings is 1. The first-order valence-electron chi connectivity index (χ1n) is 7.76. The summed E-state index contributed by atoms with van der Waals surface area (Å²) >= 11 is 1.54. The molecule has 0 N–H and O–H groups in total. The number of carbonyl (C=O) groups is 1. The number of carbonyl (C=O) groups excluding carboxylic acids is 1. The Kier molecular flexibility index (Phi) is 5.12. The number of nitrogens with zero attached hydrogens (tertiary/aromatic N) is 1. The molecular formula is C17H19NO5S2. The highest BCUT2D eigenvalue weighted by molar-refractivity contribution is 7.89. The minimum atomic E-state index is -3.83. The molecule has 1 aromatic carbocycles. The van der Waals surface area contributed by atoms with Crippen molar-refractivity contribution in [1.82, 2.24) is 4.31 Å². The lowest BCUT2D eigenvalue weighted by molar-refractivity contribution is -0.145. The number of fused-ring (bicyclic) bond motifs is 1. The zero-order chi connectivity index (χ0) is 18.0. The average molecular weight is 381 g/mol. The number of esters is 1. The second-order valence-electron chi connectivity index (χ2n) is 5.65. The second-order valence-corrected chi connectivity index (χ2v) is 8.54. The van der Waals surface area contributed by atoms with Crippen molar-refractivity contribution >= 4 is 27.3 Å².